The number of carbonyl (C=O) groups is 1. The van der Waals surface area contributed by atoms with Crippen LogP contribution in [0.1, 0.15) is 5.69 Å². The van der Waals surface area contributed by atoms with Crippen LogP contribution >= 0.6 is 11.3 Å². The zero-order valence-electron chi connectivity index (χ0n) is 11.4. The number of hydrogen-bond donors (Lipinski definition) is 0. The van der Waals surface area contributed by atoms with Crippen molar-refractivity contribution in [3.05, 3.63) is 41.4 Å². The highest BCUT2D eigenvalue weighted by molar-refractivity contribution is 7.14. The number of benzene rings is 1. The number of rotatable bonds is 2. The molecule has 21 heavy (non-hydrogen) atoms. The summed E-state index contributed by atoms with van der Waals surface area (Å²) in [4.78, 5) is 36.5. The largest absolute Gasteiger partial charge is 0.373 e. The predicted octanol–water partition coefficient (Wildman–Crippen LogP) is 2.31. The van der Waals surface area contributed by atoms with Crippen LogP contribution in [0.4, 0.5) is 15.6 Å². The van der Waals surface area contributed by atoms with Gasteiger partial charge in [0, 0.05) is 24.2 Å². The van der Waals surface area contributed by atoms with E-state index in [1.54, 1.807) is 9.80 Å². The summed E-state index contributed by atoms with van der Waals surface area (Å²) in [5.41, 5.74) is 1.90. The van der Waals surface area contributed by atoms with E-state index >= 15 is 0 Å². The van der Waals surface area contributed by atoms with Crippen molar-refractivity contribution in [3.8, 4) is 0 Å². The summed E-state index contributed by atoms with van der Waals surface area (Å²) in [5, 5.41) is 2.75. The Bertz CT molecular complexity index is 650. The number of para-hydroxylation sites is 1. The average molecular weight is 303 g/mol. The molecule has 0 atom stereocenters. The molecule has 0 bridgehead atoms. The summed E-state index contributed by atoms with van der Waals surface area (Å²) < 4.78 is 0. The molecule has 108 valence electrons. The Hall–Kier alpha value is -2.50. The van der Waals surface area contributed by atoms with Crippen LogP contribution in [0.25, 0.3) is 0 Å². The van der Waals surface area contributed by atoms with Gasteiger partial charge in [0.25, 0.3) is 0 Å². The van der Waals surface area contributed by atoms with Gasteiger partial charge in [-0.05, 0) is 19.1 Å². The maximum absolute atomic E-state index is 12.3. The molecule has 0 aliphatic carbocycles. The molecule has 1 aromatic carbocycles. The normalized spacial score (nSPS) is 13.7. The molecule has 0 N–H and O–H groups in total. The van der Waals surface area contributed by atoms with Gasteiger partial charge in [-0.15, -0.1) is 11.3 Å². The highest BCUT2D eigenvalue weighted by atomic mass is 32.1. The molecule has 6 nitrogen and oxygen atoms in total. The summed E-state index contributed by atoms with van der Waals surface area (Å²) in [6, 6.07) is 9.75. The highest BCUT2D eigenvalue weighted by Gasteiger charge is 2.31. The van der Waals surface area contributed by atoms with Crippen LogP contribution in [0.3, 0.4) is 0 Å². The van der Waals surface area contributed by atoms with Gasteiger partial charge in [0.15, 0.2) is 5.13 Å². The predicted molar refractivity (Wildman–Crippen MR) is 78.4 cm³/mol. The fourth-order valence-electron chi connectivity index (χ4n) is 2.03. The topological polar surface area (TPSA) is 70.6 Å². The second kappa shape index (κ2) is 6.78. The van der Waals surface area contributed by atoms with Crippen molar-refractivity contribution in [1.82, 2.24) is 4.98 Å². The van der Waals surface area contributed by atoms with E-state index in [-0.39, 0.29) is 12.2 Å². The Morgan fingerprint density at radius 3 is 2.33 bits per heavy atom. The van der Waals surface area contributed by atoms with Crippen LogP contribution in [0.15, 0.2) is 35.7 Å². The molecule has 2 heterocycles. The lowest BCUT2D eigenvalue weighted by Crippen LogP contribution is -2.31. The maximum Gasteiger partial charge on any atom is 0.373 e. The molecule has 1 fully saturated rings. The molecule has 2 aromatic rings. The van der Waals surface area contributed by atoms with Crippen molar-refractivity contribution in [2.24, 2.45) is 0 Å². The zero-order chi connectivity index (χ0) is 15.2. The minimum atomic E-state index is 0.00977. The van der Waals surface area contributed by atoms with Crippen molar-refractivity contribution in [1.29, 1.82) is 0 Å². The Morgan fingerprint density at radius 2 is 1.76 bits per heavy atom. The smallest absolute Gasteiger partial charge is 0.292 e. The van der Waals surface area contributed by atoms with Crippen LogP contribution < -0.4 is 9.80 Å². The number of urea groups is 1. The summed E-state index contributed by atoms with van der Waals surface area (Å²) in [6.45, 7) is 3.34. The average Bonchev–Trinajstić information content (AvgIpc) is 3.07. The molecular weight excluding hydrogens is 290 g/mol. The lowest BCUT2D eigenvalue weighted by Gasteiger charge is -2.16. The first kappa shape index (κ1) is 14.9. The van der Waals surface area contributed by atoms with Gasteiger partial charge in [-0.25, -0.2) is 9.78 Å². The third-order valence-corrected chi connectivity index (χ3v) is 3.90. The first-order valence-corrected chi connectivity index (χ1v) is 7.11. The van der Waals surface area contributed by atoms with Crippen molar-refractivity contribution in [3.63, 3.8) is 0 Å². The van der Waals surface area contributed by atoms with Crippen LogP contribution in [0.5, 0.6) is 0 Å². The number of aryl methyl sites for hydroxylation is 1. The first-order valence-electron chi connectivity index (χ1n) is 6.23. The van der Waals surface area contributed by atoms with E-state index in [1.807, 2.05) is 42.6 Å². The van der Waals surface area contributed by atoms with Crippen LogP contribution in [0.2, 0.25) is 0 Å². The van der Waals surface area contributed by atoms with Crippen LogP contribution in [-0.2, 0) is 9.59 Å². The van der Waals surface area contributed by atoms with Crippen LogP contribution in [0, 0.1) is 6.92 Å². The summed E-state index contributed by atoms with van der Waals surface area (Å²) in [7, 11) is 0. The van der Waals surface area contributed by atoms with E-state index in [0.29, 0.717) is 13.1 Å². The van der Waals surface area contributed by atoms with Gasteiger partial charge in [0.1, 0.15) is 0 Å². The van der Waals surface area contributed by atoms with E-state index in [4.69, 9.17) is 9.59 Å². The summed E-state index contributed by atoms with van der Waals surface area (Å²) in [5.74, 6) is 0. The molecule has 1 aromatic heterocycles. The molecule has 0 saturated carbocycles. The van der Waals surface area contributed by atoms with Crippen LogP contribution in [-0.4, -0.2) is 30.3 Å². The van der Waals surface area contributed by atoms with Gasteiger partial charge < -0.3 is 0 Å². The number of amides is 2. The van der Waals surface area contributed by atoms with Gasteiger partial charge in [-0.2, -0.15) is 9.59 Å². The maximum atomic E-state index is 12.3. The third-order valence-electron chi connectivity index (χ3n) is 2.91. The molecule has 2 amide bonds. The van der Waals surface area contributed by atoms with E-state index in [0.717, 1.165) is 16.5 Å². The lowest BCUT2D eigenvalue weighted by atomic mass is 10.3. The molecule has 3 rings (SSSR count). The minimum Gasteiger partial charge on any atom is -0.292 e. The Morgan fingerprint density at radius 1 is 1.14 bits per heavy atom. The number of thiazole rings is 1. The van der Waals surface area contributed by atoms with Crippen molar-refractivity contribution < 1.29 is 14.4 Å². The molecule has 1 saturated heterocycles. The SMILES string of the molecule is Cc1csc(N2CCN(c3ccccc3)C2=O)n1.O=C=O. The van der Waals surface area contributed by atoms with Crippen molar-refractivity contribution in [2.45, 2.75) is 6.92 Å². The Kier molecular flexibility index (Phi) is 4.81. The number of aromatic nitrogens is 1. The summed E-state index contributed by atoms with van der Waals surface area (Å²) in [6.07, 6.45) is 0.250. The van der Waals surface area contributed by atoms with Crippen molar-refractivity contribution in [2.75, 3.05) is 22.9 Å². The first-order chi connectivity index (χ1) is 10.2. The fourth-order valence-corrected chi connectivity index (χ4v) is 2.85. The number of hydrogen-bond acceptors (Lipinski definition) is 5. The molecule has 0 radical (unpaired) electrons. The van der Waals surface area contributed by atoms with Gasteiger partial charge >= 0.3 is 12.2 Å². The highest BCUT2D eigenvalue weighted by Crippen LogP contribution is 2.27. The Balaban J connectivity index is 0.000000497. The standard InChI is InChI=1S/C13H13N3OS.CO2/c1-10-9-18-12(14-10)16-8-7-15(13(16)17)11-5-3-2-4-6-11;2-1-3/h2-6,9H,7-8H2,1H3;. The summed E-state index contributed by atoms with van der Waals surface area (Å²) >= 11 is 1.52. The second-order valence-electron chi connectivity index (χ2n) is 4.28. The van der Waals surface area contributed by atoms with Gasteiger partial charge in [-0.1, -0.05) is 18.2 Å². The fraction of sp³-hybridized carbons (Fsp3) is 0.214. The molecule has 0 spiro atoms. The molecule has 1 aliphatic heterocycles. The lowest BCUT2D eigenvalue weighted by molar-refractivity contribution is -0.191. The molecule has 1 aliphatic rings. The quantitative estimate of drug-likeness (QED) is 0.853. The number of carbonyl (C=O) groups excluding carboxylic acids is 3. The van der Waals surface area contributed by atoms with Crippen molar-refractivity contribution >= 4 is 34.3 Å². The zero-order valence-corrected chi connectivity index (χ0v) is 12.2. The van der Waals surface area contributed by atoms with E-state index in [2.05, 4.69) is 4.98 Å². The minimum absolute atomic E-state index is 0.00977. The van der Waals surface area contributed by atoms with E-state index < -0.39 is 0 Å². The number of anilines is 2. The monoisotopic (exact) mass is 303 g/mol. The molecule has 0 unspecified atom stereocenters. The van der Waals surface area contributed by atoms with Gasteiger partial charge in [0.05, 0.1) is 5.69 Å². The Labute approximate surface area is 125 Å². The van der Waals surface area contributed by atoms with E-state index in [1.165, 1.54) is 11.3 Å². The van der Waals surface area contributed by atoms with Gasteiger partial charge in [-0.3, -0.25) is 9.80 Å². The number of nitrogens with zero attached hydrogens (tertiary/aromatic N) is 3. The third kappa shape index (κ3) is 3.34. The molecular formula is C14H13N3O3S. The second-order valence-corrected chi connectivity index (χ2v) is 5.11. The van der Waals surface area contributed by atoms with Gasteiger partial charge in [0.2, 0.25) is 0 Å². The van der Waals surface area contributed by atoms with E-state index in [9.17, 15) is 4.79 Å². The molecule has 7 heteroatoms.